The zero-order valence-electron chi connectivity index (χ0n) is 18.5. The molecule has 2 aromatic carbocycles. The molecule has 0 spiro atoms. The van der Waals surface area contributed by atoms with Crippen LogP contribution in [0.5, 0.6) is 5.75 Å². The van der Waals surface area contributed by atoms with E-state index in [0.29, 0.717) is 38.5 Å². The average Bonchev–Trinajstić information content (AvgIpc) is 2.84. The van der Waals surface area contributed by atoms with Gasteiger partial charge in [0, 0.05) is 18.7 Å². The summed E-state index contributed by atoms with van der Waals surface area (Å²) in [6, 6.07) is 16.7. The third-order valence-electron chi connectivity index (χ3n) is 5.01. The van der Waals surface area contributed by atoms with Gasteiger partial charge in [0.15, 0.2) is 0 Å². The molecule has 0 aromatic heterocycles. The Balaban J connectivity index is 1.72. The van der Waals surface area contributed by atoms with E-state index in [0.717, 1.165) is 24.2 Å². The molecule has 1 heterocycles. The first-order valence-corrected chi connectivity index (χ1v) is 11.0. The number of carbonyl (C=O) groups excluding carboxylic acids is 2. The molecule has 0 atom stereocenters. The fourth-order valence-corrected chi connectivity index (χ4v) is 3.15. The van der Waals surface area contributed by atoms with Crippen LogP contribution < -0.4 is 10.1 Å². The second kappa shape index (κ2) is 12.5. The van der Waals surface area contributed by atoms with E-state index in [9.17, 15) is 9.59 Å². The first-order valence-electron chi connectivity index (χ1n) is 11.0. The lowest BCUT2D eigenvalue weighted by Crippen LogP contribution is -2.44. The Hall–Kier alpha value is -3.38. The Kier molecular flexibility index (Phi) is 9.07. The van der Waals surface area contributed by atoms with Crippen molar-refractivity contribution < 1.29 is 19.1 Å². The molecule has 0 bridgehead atoms. The van der Waals surface area contributed by atoms with Crippen LogP contribution in [0.15, 0.2) is 72.4 Å². The zero-order chi connectivity index (χ0) is 22.6. The summed E-state index contributed by atoms with van der Waals surface area (Å²) in [5, 5.41) is 2.79. The fraction of sp³-hybridized carbons (Fsp3) is 0.308. The van der Waals surface area contributed by atoms with Crippen LogP contribution in [0, 0.1) is 0 Å². The smallest absolute Gasteiger partial charge is 0.270 e. The molecule has 1 N–H and O–H groups in total. The van der Waals surface area contributed by atoms with Gasteiger partial charge in [-0.1, -0.05) is 55.8 Å². The molecule has 2 aromatic rings. The van der Waals surface area contributed by atoms with Crippen molar-refractivity contribution in [3.63, 3.8) is 0 Å². The summed E-state index contributed by atoms with van der Waals surface area (Å²) in [5.41, 5.74) is 1.69. The van der Waals surface area contributed by atoms with Gasteiger partial charge in [-0.2, -0.15) is 0 Å². The van der Waals surface area contributed by atoms with Crippen molar-refractivity contribution >= 4 is 17.9 Å². The number of hydrogen-bond acceptors (Lipinski definition) is 4. The zero-order valence-corrected chi connectivity index (χ0v) is 18.5. The number of allylic oxidation sites excluding steroid dienone is 2. The van der Waals surface area contributed by atoms with Gasteiger partial charge in [-0.15, -0.1) is 0 Å². The maximum atomic E-state index is 13.0. The number of hydrogen-bond donors (Lipinski definition) is 1. The van der Waals surface area contributed by atoms with Gasteiger partial charge in [0.2, 0.25) is 0 Å². The maximum Gasteiger partial charge on any atom is 0.270 e. The minimum atomic E-state index is -0.342. The molecule has 0 saturated carbocycles. The minimum absolute atomic E-state index is 0.223. The maximum absolute atomic E-state index is 13.0. The van der Waals surface area contributed by atoms with Crippen LogP contribution >= 0.6 is 0 Å². The molecule has 6 nitrogen and oxygen atoms in total. The lowest BCUT2D eigenvalue weighted by atomic mass is 10.2. The number of carbonyl (C=O) groups is 2. The van der Waals surface area contributed by atoms with Crippen LogP contribution in [0.25, 0.3) is 6.08 Å². The number of amides is 2. The first-order chi connectivity index (χ1) is 15.7. The molecule has 0 aliphatic carbocycles. The lowest BCUT2D eigenvalue weighted by molar-refractivity contribution is -0.131. The number of morpholine rings is 1. The fourth-order valence-electron chi connectivity index (χ4n) is 3.15. The van der Waals surface area contributed by atoms with Crippen LogP contribution in [0.3, 0.4) is 0 Å². The van der Waals surface area contributed by atoms with E-state index in [1.807, 2.05) is 36.4 Å². The number of benzene rings is 2. The summed E-state index contributed by atoms with van der Waals surface area (Å²) < 4.78 is 11.0. The van der Waals surface area contributed by atoms with Crippen molar-refractivity contribution in [3.05, 3.63) is 83.6 Å². The summed E-state index contributed by atoms with van der Waals surface area (Å²) in [4.78, 5) is 27.6. The normalized spacial score (nSPS) is 14.4. The van der Waals surface area contributed by atoms with Gasteiger partial charge in [0.1, 0.15) is 11.4 Å². The molecule has 6 heteroatoms. The van der Waals surface area contributed by atoms with Crippen LogP contribution in [0.1, 0.15) is 35.7 Å². The van der Waals surface area contributed by atoms with E-state index < -0.39 is 0 Å². The van der Waals surface area contributed by atoms with Crippen molar-refractivity contribution in [1.29, 1.82) is 0 Å². The molecule has 1 aliphatic heterocycles. The van der Waals surface area contributed by atoms with E-state index in [-0.39, 0.29) is 17.5 Å². The number of unbranched alkanes of at least 4 members (excludes halogenated alkanes) is 1. The first kappa shape index (κ1) is 23.3. The quantitative estimate of drug-likeness (QED) is 0.367. The van der Waals surface area contributed by atoms with Crippen molar-refractivity contribution in [2.24, 2.45) is 0 Å². The minimum Gasteiger partial charge on any atom is -0.494 e. The van der Waals surface area contributed by atoms with Crippen LogP contribution in [0.4, 0.5) is 0 Å². The van der Waals surface area contributed by atoms with Crippen LogP contribution in [-0.4, -0.2) is 49.6 Å². The van der Waals surface area contributed by atoms with Gasteiger partial charge in [0.05, 0.1) is 19.8 Å². The highest BCUT2D eigenvalue weighted by Crippen LogP contribution is 2.14. The van der Waals surface area contributed by atoms with Crippen molar-refractivity contribution in [2.75, 3.05) is 32.9 Å². The Morgan fingerprint density at radius 1 is 1.06 bits per heavy atom. The summed E-state index contributed by atoms with van der Waals surface area (Å²) in [5.74, 6) is 0.158. The number of nitrogens with zero attached hydrogens (tertiary/aromatic N) is 1. The Bertz CT molecular complexity index is 930. The third kappa shape index (κ3) is 7.10. The molecule has 1 saturated heterocycles. The molecular weight excluding hydrogens is 404 g/mol. The summed E-state index contributed by atoms with van der Waals surface area (Å²) >= 11 is 0. The molecular formula is C26H30N2O4. The standard InChI is InChI=1S/C26H30N2O4/c1-2-3-18-32-23-14-12-22(13-15-23)25(29)27-24(26(30)28-16-19-31-20-17-28)11-7-10-21-8-5-4-6-9-21/h4-15H,2-3,16-20H2,1H3,(H,27,29)/b10-7+,24-11+. The predicted molar refractivity (Wildman–Crippen MR) is 125 cm³/mol. The Morgan fingerprint density at radius 2 is 1.78 bits per heavy atom. The third-order valence-corrected chi connectivity index (χ3v) is 5.01. The largest absolute Gasteiger partial charge is 0.494 e. The van der Waals surface area contributed by atoms with Gasteiger partial charge >= 0.3 is 0 Å². The second-order valence-corrected chi connectivity index (χ2v) is 7.44. The molecule has 1 fully saturated rings. The summed E-state index contributed by atoms with van der Waals surface area (Å²) in [6.07, 6.45) is 7.35. The van der Waals surface area contributed by atoms with E-state index >= 15 is 0 Å². The van der Waals surface area contributed by atoms with Crippen molar-refractivity contribution in [1.82, 2.24) is 10.2 Å². The van der Waals surface area contributed by atoms with E-state index in [4.69, 9.17) is 9.47 Å². The highest BCUT2D eigenvalue weighted by molar-refractivity contribution is 6.03. The molecule has 3 rings (SSSR count). The van der Waals surface area contributed by atoms with E-state index in [1.165, 1.54) is 0 Å². The molecule has 32 heavy (non-hydrogen) atoms. The van der Waals surface area contributed by atoms with Crippen molar-refractivity contribution in [3.8, 4) is 5.75 Å². The van der Waals surface area contributed by atoms with Gasteiger partial charge in [-0.25, -0.2) is 0 Å². The van der Waals surface area contributed by atoms with Crippen LogP contribution in [0.2, 0.25) is 0 Å². The molecule has 0 radical (unpaired) electrons. The number of rotatable bonds is 9. The van der Waals surface area contributed by atoms with Gasteiger partial charge in [-0.05, 0) is 42.3 Å². The van der Waals surface area contributed by atoms with Gasteiger partial charge in [-0.3, -0.25) is 9.59 Å². The van der Waals surface area contributed by atoms with E-state index in [2.05, 4.69) is 12.2 Å². The monoisotopic (exact) mass is 434 g/mol. The summed E-state index contributed by atoms with van der Waals surface area (Å²) in [6.45, 7) is 4.74. The Morgan fingerprint density at radius 3 is 2.47 bits per heavy atom. The molecule has 1 aliphatic rings. The van der Waals surface area contributed by atoms with Crippen LogP contribution in [-0.2, 0) is 9.53 Å². The predicted octanol–water partition coefficient (Wildman–Crippen LogP) is 4.05. The number of ether oxygens (including phenoxy) is 2. The van der Waals surface area contributed by atoms with E-state index in [1.54, 1.807) is 41.3 Å². The lowest BCUT2D eigenvalue weighted by Gasteiger charge is -2.27. The van der Waals surface area contributed by atoms with Gasteiger partial charge < -0.3 is 19.7 Å². The Labute approximate surface area is 189 Å². The highest BCUT2D eigenvalue weighted by Gasteiger charge is 2.22. The number of nitrogens with one attached hydrogen (secondary N) is 1. The highest BCUT2D eigenvalue weighted by atomic mass is 16.5. The molecule has 2 amide bonds. The molecule has 168 valence electrons. The van der Waals surface area contributed by atoms with Gasteiger partial charge in [0.25, 0.3) is 11.8 Å². The average molecular weight is 435 g/mol. The van der Waals surface area contributed by atoms with Crippen molar-refractivity contribution in [2.45, 2.75) is 19.8 Å². The second-order valence-electron chi connectivity index (χ2n) is 7.44. The summed E-state index contributed by atoms with van der Waals surface area (Å²) in [7, 11) is 0. The SMILES string of the molecule is CCCCOc1ccc(C(=O)N/C(=C/C=C/c2ccccc2)C(=O)N2CCOCC2)cc1. The topological polar surface area (TPSA) is 67.9 Å². The molecule has 0 unspecified atom stereocenters.